The lowest BCUT2D eigenvalue weighted by Crippen LogP contribution is -2.30. The summed E-state index contributed by atoms with van der Waals surface area (Å²) in [5.74, 6) is 0.302. The monoisotopic (exact) mass is 504 g/mol. The molecule has 1 saturated heterocycles. The molecule has 0 saturated carbocycles. The molecule has 0 spiro atoms. The molecule has 0 radical (unpaired) electrons. The highest BCUT2D eigenvalue weighted by Crippen LogP contribution is 2.34. The summed E-state index contributed by atoms with van der Waals surface area (Å²) in [5, 5.41) is 4.37. The summed E-state index contributed by atoms with van der Waals surface area (Å²) in [6.45, 7) is 13.2. The first-order valence-electron chi connectivity index (χ1n) is 12.1. The Hall–Kier alpha value is -1.95. The minimum atomic E-state index is -0.202. The van der Waals surface area contributed by atoms with Gasteiger partial charge in [-0.15, -0.1) is 9.24 Å². The van der Waals surface area contributed by atoms with Crippen molar-refractivity contribution in [1.29, 1.82) is 0 Å². The number of halogens is 1. The number of carbonyl (C=O) groups is 1. The van der Waals surface area contributed by atoms with E-state index in [-0.39, 0.29) is 11.7 Å². The van der Waals surface area contributed by atoms with Crippen LogP contribution in [0.1, 0.15) is 62.4 Å². The molecular weight excluding hydrogens is 466 g/mol. The summed E-state index contributed by atoms with van der Waals surface area (Å²) in [6, 6.07) is 10.9. The molecule has 34 heavy (non-hydrogen) atoms. The van der Waals surface area contributed by atoms with Crippen LogP contribution in [0, 0.1) is 5.82 Å². The average Bonchev–Trinajstić information content (AvgIpc) is 3.32. The third kappa shape index (κ3) is 7.03. The molecule has 5 nitrogen and oxygen atoms in total. The smallest absolute Gasteiger partial charge is 0.257 e. The number of pyridine rings is 1. The molecule has 4 rings (SSSR count). The van der Waals surface area contributed by atoms with Crippen LogP contribution < -0.4 is 0 Å². The Kier molecular flexibility index (Phi) is 12.0. The number of hydrogen-bond acceptors (Lipinski definition) is 4. The zero-order chi connectivity index (χ0) is 25.1. The number of rotatable bonds is 6. The molecule has 1 fully saturated rings. The lowest BCUT2D eigenvalue weighted by Gasteiger charge is -2.31. The van der Waals surface area contributed by atoms with Gasteiger partial charge in [0.25, 0.3) is 5.91 Å². The average molecular weight is 505 g/mol. The van der Waals surface area contributed by atoms with Crippen molar-refractivity contribution in [3.8, 4) is 0 Å². The summed E-state index contributed by atoms with van der Waals surface area (Å²) in [5.41, 5.74) is 2.82. The van der Waals surface area contributed by atoms with Gasteiger partial charge >= 0.3 is 0 Å². The molecule has 0 bridgehead atoms. The van der Waals surface area contributed by atoms with Crippen LogP contribution in [0.4, 0.5) is 4.39 Å². The fraction of sp³-hybridized carbons (Fsp3) is 0.462. The van der Waals surface area contributed by atoms with E-state index in [0.29, 0.717) is 24.6 Å². The second-order valence-corrected chi connectivity index (χ2v) is 8.74. The molecule has 3 aromatic rings. The third-order valence-electron chi connectivity index (χ3n) is 5.80. The van der Waals surface area contributed by atoms with Crippen molar-refractivity contribution in [2.75, 3.05) is 32.8 Å². The highest BCUT2D eigenvalue weighted by molar-refractivity contribution is 7.97. The fourth-order valence-corrected chi connectivity index (χ4v) is 4.97. The van der Waals surface area contributed by atoms with E-state index in [1.807, 2.05) is 57.6 Å². The molecule has 1 amide bonds. The SMILES string of the molecule is CC.CCN(CC)C(=O)c1cnn2ccc(C3CCN(Sc4ccc(F)cc4)CC3)cc12.CP. The lowest BCUT2D eigenvalue weighted by atomic mass is 9.90. The summed E-state index contributed by atoms with van der Waals surface area (Å²) < 4.78 is 17.2. The second kappa shape index (κ2) is 14.4. The molecule has 1 atom stereocenters. The van der Waals surface area contributed by atoms with Gasteiger partial charge in [-0.05, 0) is 86.5 Å². The van der Waals surface area contributed by atoms with Crippen molar-refractivity contribution in [2.45, 2.75) is 51.3 Å². The number of carbonyl (C=O) groups excluding carboxylic acids is 1. The summed E-state index contributed by atoms with van der Waals surface area (Å²) in [4.78, 5) is 15.7. The molecule has 0 N–H and O–H groups in total. The summed E-state index contributed by atoms with van der Waals surface area (Å²) in [6.07, 6.45) is 5.75. The van der Waals surface area contributed by atoms with Crippen molar-refractivity contribution in [2.24, 2.45) is 0 Å². The van der Waals surface area contributed by atoms with E-state index in [0.717, 1.165) is 36.3 Å². The highest BCUT2D eigenvalue weighted by Gasteiger charge is 2.23. The molecule has 1 aromatic carbocycles. The summed E-state index contributed by atoms with van der Waals surface area (Å²) >= 11 is 1.69. The number of piperidine rings is 1. The Morgan fingerprint density at radius 2 is 1.74 bits per heavy atom. The van der Waals surface area contributed by atoms with Crippen molar-refractivity contribution in [3.63, 3.8) is 0 Å². The van der Waals surface area contributed by atoms with Crippen LogP contribution in [0.15, 0.2) is 53.7 Å². The van der Waals surface area contributed by atoms with Gasteiger partial charge in [0.2, 0.25) is 0 Å². The number of amides is 1. The molecule has 8 heteroatoms. The van der Waals surface area contributed by atoms with Crippen LogP contribution in [-0.2, 0) is 0 Å². The van der Waals surface area contributed by atoms with Crippen LogP contribution in [0.25, 0.3) is 5.52 Å². The van der Waals surface area contributed by atoms with E-state index in [1.54, 1.807) is 22.7 Å². The molecule has 1 aliphatic rings. The van der Waals surface area contributed by atoms with E-state index in [4.69, 9.17) is 0 Å². The number of hydrogen-bond donors (Lipinski definition) is 0. The van der Waals surface area contributed by atoms with Gasteiger partial charge in [0.05, 0.1) is 17.3 Å². The quantitative estimate of drug-likeness (QED) is 0.289. The van der Waals surface area contributed by atoms with Crippen molar-refractivity contribution < 1.29 is 9.18 Å². The van der Waals surface area contributed by atoms with Gasteiger partial charge in [-0.3, -0.25) is 4.79 Å². The van der Waals surface area contributed by atoms with Crippen molar-refractivity contribution >= 4 is 32.6 Å². The van der Waals surface area contributed by atoms with Crippen LogP contribution in [0.5, 0.6) is 0 Å². The molecule has 2 aromatic heterocycles. The first-order valence-corrected chi connectivity index (χ1v) is 14.0. The number of fused-ring (bicyclic) bond motifs is 1. The normalized spacial score (nSPS) is 14.1. The van der Waals surface area contributed by atoms with Gasteiger partial charge in [0.1, 0.15) is 5.82 Å². The largest absolute Gasteiger partial charge is 0.339 e. The standard InChI is InChI=1S/C23H27FN4OS.C2H6.CH5P/c1-3-26(4-2)23(29)21-16-25-28-14-11-18(15-22(21)28)17-9-12-27(13-10-17)30-20-7-5-19(24)6-8-20;2*1-2/h5-8,11,14-17H,3-4,9-10,12-13H2,1-2H3;1-2H3;2H2,1H3. The Labute approximate surface area is 210 Å². The Bertz CT molecular complexity index is 1020. The third-order valence-corrected chi connectivity index (χ3v) is 6.91. The van der Waals surface area contributed by atoms with Crippen molar-refractivity contribution in [1.82, 2.24) is 18.8 Å². The molecular formula is C26H38FN4OPS. The molecule has 3 heterocycles. The molecule has 1 aliphatic heterocycles. The predicted octanol–water partition coefficient (Wildman–Crippen LogP) is 6.36. The van der Waals surface area contributed by atoms with Gasteiger partial charge in [-0.1, -0.05) is 20.5 Å². The van der Waals surface area contributed by atoms with E-state index >= 15 is 0 Å². The first kappa shape index (κ1) is 28.3. The Balaban J connectivity index is 0.000000970. The molecule has 1 unspecified atom stereocenters. The van der Waals surface area contributed by atoms with Crippen LogP contribution in [-0.4, -0.2) is 57.6 Å². The Morgan fingerprint density at radius 3 is 2.32 bits per heavy atom. The maximum atomic E-state index is 13.1. The maximum Gasteiger partial charge on any atom is 0.257 e. The summed E-state index contributed by atoms with van der Waals surface area (Å²) in [7, 11) is 2.42. The number of nitrogens with zero attached hydrogens (tertiary/aromatic N) is 4. The van der Waals surface area contributed by atoms with Crippen molar-refractivity contribution in [3.05, 3.63) is 65.7 Å². The van der Waals surface area contributed by atoms with Gasteiger partial charge in [-0.25, -0.2) is 13.2 Å². The molecule has 186 valence electrons. The fourth-order valence-electron chi connectivity index (χ4n) is 4.02. The van der Waals surface area contributed by atoms with Crippen LogP contribution in [0.3, 0.4) is 0 Å². The maximum absolute atomic E-state index is 13.1. The predicted molar refractivity (Wildman–Crippen MR) is 145 cm³/mol. The number of benzene rings is 1. The number of aromatic nitrogens is 2. The van der Waals surface area contributed by atoms with Gasteiger partial charge < -0.3 is 4.90 Å². The van der Waals surface area contributed by atoms with Crippen LogP contribution in [0.2, 0.25) is 0 Å². The molecule has 0 aliphatic carbocycles. The van der Waals surface area contributed by atoms with Gasteiger partial charge in [0, 0.05) is 37.3 Å². The zero-order valence-electron chi connectivity index (χ0n) is 21.0. The van der Waals surface area contributed by atoms with E-state index in [9.17, 15) is 9.18 Å². The highest BCUT2D eigenvalue weighted by atomic mass is 32.2. The lowest BCUT2D eigenvalue weighted by molar-refractivity contribution is 0.0775. The van der Waals surface area contributed by atoms with E-state index < -0.39 is 0 Å². The van der Waals surface area contributed by atoms with Gasteiger partial charge in [0.15, 0.2) is 0 Å². The first-order chi connectivity index (χ1) is 16.6. The second-order valence-electron chi connectivity index (χ2n) is 7.57. The van der Waals surface area contributed by atoms with E-state index in [2.05, 4.69) is 30.8 Å². The van der Waals surface area contributed by atoms with E-state index in [1.165, 1.54) is 17.7 Å². The van der Waals surface area contributed by atoms with Gasteiger partial charge in [-0.2, -0.15) is 5.10 Å². The van der Waals surface area contributed by atoms with Crippen LogP contribution >= 0.6 is 21.2 Å². The minimum absolute atomic E-state index is 0.0395. The zero-order valence-corrected chi connectivity index (χ0v) is 23.0. The minimum Gasteiger partial charge on any atom is -0.339 e. The Morgan fingerprint density at radius 1 is 1.12 bits per heavy atom. The topological polar surface area (TPSA) is 40.9 Å².